The Morgan fingerprint density at radius 3 is 1.76 bits per heavy atom. The van der Waals surface area contributed by atoms with Crippen molar-refractivity contribution in [3.63, 3.8) is 0 Å². The summed E-state index contributed by atoms with van der Waals surface area (Å²) in [5.41, 5.74) is 0.839. The highest BCUT2D eigenvalue weighted by molar-refractivity contribution is 7.79. The summed E-state index contributed by atoms with van der Waals surface area (Å²) in [7, 11) is -3.21. The zero-order valence-electron chi connectivity index (χ0n) is 15.8. The minimum absolute atomic E-state index is 0.209. The third kappa shape index (κ3) is 3.91. The molecule has 4 rings (SSSR count). The summed E-state index contributed by atoms with van der Waals surface area (Å²) in [4.78, 5) is 0. The van der Waals surface area contributed by atoms with Gasteiger partial charge in [-0.2, -0.15) is 0 Å². The lowest BCUT2D eigenvalue weighted by molar-refractivity contribution is 0.243. The number of rotatable bonds is 7. The number of furan rings is 1. The van der Waals surface area contributed by atoms with E-state index in [4.69, 9.17) is 4.42 Å². The smallest absolute Gasteiger partial charge is 0.171 e. The SMILES string of the molecule is O=P(c1ccccc1)(c1ccccc1)C(Nc1ccccc1)c1ccc(CO)o1. The zero-order valence-corrected chi connectivity index (χ0v) is 16.7. The summed E-state index contributed by atoms with van der Waals surface area (Å²) >= 11 is 0. The number of nitrogens with one attached hydrogen (secondary N) is 1. The van der Waals surface area contributed by atoms with Crippen LogP contribution in [0, 0.1) is 0 Å². The molecule has 4 nitrogen and oxygen atoms in total. The summed E-state index contributed by atoms with van der Waals surface area (Å²) in [6, 6.07) is 32.1. The van der Waals surface area contributed by atoms with Gasteiger partial charge in [0.2, 0.25) is 0 Å². The van der Waals surface area contributed by atoms with Gasteiger partial charge in [-0.1, -0.05) is 78.9 Å². The first-order valence-corrected chi connectivity index (χ1v) is 11.2. The van der Waals surface area contributed by atoms with Crippen molar-refractivity contribution in [2.24, 2.45) is 0 Å². The number of hydrogen-bond acceptors (Lipinski definition) is 4. The lowest BCUT2D eigenvalue weighted by atomic mass is 10.3. The molecule has 0 radical (unpaired) electrons. The van der Waals surface area contributed by atoms with E-state index in [0.29, 0.717) is 11.5 Å². The second kappa shape index (κ2) is 8.52. The molecule has 29 heavy (non-hydrogen) atoms. The summed E-state index contributed by atoms with van der Waals surface area (Å²) in [6.07, 6.45) is 0. The van der Waals surface area contributed by atoms with Gasteiger partial charge in [0.15, 0.2) is 7.14 Å². The van der Waals surface area contributed by atoms with Gasteiger partial charge in [0.05, 0.1) is 0 Å². The molecule has 3 aromatic carbocycles. The van der Waals surface area contributed by atoms with Crippen LogP contribution in [-0.2, 0) is 11.2 Å². The Balaban J connectivity index is 1.92. The van der Waals surface area contributed by atoms with Gasteiger partial charge in [0, 0.05) is 16.3 Å². The van der Waals surface area contributed by atoms with Crippen LogP contribution < -0.4 is 15.9 Å². The highest BCUT2D eigenvalue weighted by atomic mass is 31.2. The maximum absolute atomic E-state index is 14.8. The van der Waals surface area contributed by atoms with Gasteiger partial charge in [-0.25, -0.2) is 0 Å². The van der Waals surface area contributed by atoms with E-state index in [1.807, 2.05) is 91.0 Å². The van der Waals surface area contributed by atoms with Crippen LogP contribution in [0.5, 0.6) is 0 Å². The van der Waals surface area contributed by atoms with E-state index in [-0.39, 0.29) is 6.61 Å². The summed E-state index contributed by atoms with van der Waals surface area (Å²) in [5, 5.41) is 14.4. The monoisotopic (exact) mass is 403 g/mol. The van der Waals surface area contributed by atoms with Crippen molar-refractivity contribution in [3.05, 3.63) is 115 Å². The van der Waals surface area contributed by atoms with Crippen molar-refractivity contribution >= 4 is 23.4 Å². The summed E-state index contributed by atoms with van der Waals surface area (Å²) in [6.45, 7) is -0.209. The van der Waals surface area contributed by atoms with Gasteiger partial charge in [-0.05, 0) is 24.3 Å². The van der Waals surface area contributed by atoms with Gasteiger partial charge >= 0.3 is 0 Å². The van der Waals surface area contributed by atoms with Crippen LogP contribution in [0.3, 0.4) is 0 Å². The Hall–Kier alpha value is -3.07. The molecule has 0 aliphatic heterocycles. The van der Waals surface area contributed by atoms with Crippen molar-refractivity contribution < 1.29 is 14.1 Å². The van der Waals surface area contributed by atoms with E-state index >= 15 is 0 Å². The molecule has 2 N–H and O–H groups in total. The Bertz CT molecular complexity index is 1050. The molecule has 0 aliphatic rings. The van der Waals surface area contributed by atoms with Crippen LogP contribution >= 0.6 is 7.14 Å². The Kier molecular flexibility index (Phi) is 5.66. The largest absolute Gasteiger partial charge is 0.461 e. The van der Waals surface area contributed by atoms with E-state index < -0.39 is 12.9 Å². The van der Waals surface area contributed by atoms with Crippen LogP contribution in [0.15, 0.2) is 108 Å². The fourth-order valence-corrected chi connectivity index (χ4v) is 6.36. The molecule has 0 amide bonds. The predicted octanol–water partition coefficient (Wildman–Crippen LogP) is 4.90. The summed E-state index contributed by atoms with van der Waals surface area (Å²) < 4.78 is 20.7. The molecule has 0 aliphatic carbocycles. The normalized spacial score (nSPS) is 12.4. The van der Waals surface area contributed by atoms with E-state index in [1.54, 1.807) is 12.1 Å². The van der Waals surface area contributed by atoms with Gasteiger partial charge in [-0.15, -0.1) is 0 Å². The van der Waals surface area contributed by atoms with Crippen LogP contribution in [0.4, 0.5) is 5.69 Å². The topological polar surface area (TPSA) is 62.5 Å². The van der Waals surface area contributed by atoms with E-state index in [9.17, 15) is 9.67 Å². The number of benzene rings is 3. The van der Waals surface area contributed by atoms with Crippen LogP contribution in [0.2, 0.25) is 0 Å². The van der Waals surface area contributed by atoms with E-state index in [1.165, 1.54) is 0 Å². The minimum Gasteiger partial charge on any atom is -0.461 e. The highest BCUT2D eigenvalue weighted by Crippen LogP contribution is 2.57. The quantitative estimate of drug-likeness (QED) is 0.431. The number of hydrogen-bond donors (Lipinski definition) is 2. The molecule has 4 aromatic rings. The molecule has 1 aromatic heterocycles. The molecular formula is C24H22NO3P. The molecule has 0 bridgehead atoms. The molecule has 0 fully saturated rings. The number of para-hydroxylation sites is 1. The average Bonchev–Trinajstić information content (AvgIpc) is 3.28. The summed E-state index contributed by atoms with van der Waals surface area (Å²) in [5.74, 6) is 0.330. The molecule has 1 heterocycles. The van der Waals surface area contributed by atoms with Crippen molar-refractivity contribution in [2.45, 2.75) is 12.4 Å². The van der Waals surface area contributed by atoms with E-state index in [2.05, 4.69) is 5.32 Å². The molecular weight excluding hydrogens is 381 g/mol. The second-order valence-electron chi connectivity index (χ2n) is 6.70. The average molecular weight is 403 g/mol. The lowest BCUT2D eigenvalue weighted by Gasteiger charge is -2.29. The molecule has 1 atom stereocenters. The third-order valence-corrected chi connectivity index (χ3v) is 8.07. The van der Waals surface area contributed by atoms with Gasteiger partial charge in [0.25, 0.3) is 0 Å². The molecule has 0 saturated heterocycles. The van der Waals surface area contributed by atoms with Gasteiger partial charge in [0.1, 0.15) is 23.9 Å². The molecule has 146 valence electrons. The van der Waals surface area contributed by atoms with Crippen LogP contribution in [0.25, 0.3) is 0 Å². The zero-order chi connectivity index (χ0) is 20.1. The van der Waals surface area contributed by atoms with Gasteiger partial charge in [-0.3, -0.25) is 0 Å². The molecule has 0 saturated carbocycles. The lowest BCUT2D eigenvalue weighted by Crippen LogP contribution is -2.25. The highest BCUT2D eigenvalue weighted by Gasteiger charge is 2.39. The van der Waals surface area contributed by atoms with Crippen LogP contribution in [0.1, 0.15) is 17.3 Å². The maximum atomic E-state index is 14.8. The Morgan fingerprint density at radius 2 is 1.28 bits per heavy atom. The first kappa shape index (κ1) is 19.3. The standard InChI is InChI=1S/C24H22NO3P/c26-18-20-16-17-23(28-20)24(25-19-10-4-1-5-11-19)29(27,21-12-6-2-7-13-21)22-14-8-3-9-15-22/h1-17,24-26H,18H2. The van der Waals surface area contributed by atoms with E-state index in [0.717, 1.165) is 16.3 Å². The number of anilines is 1. The van der Waals surface area contributed by atoms with Crippen molar-refractivity contribution in [1.29, 1.82) is 0 Å². The van der Waals surface area contributed by atoms with Crippen molar-refractivity contribution in [2.75, 3.05) is 5.32 Å². The molecule has 1 unspecified atom stereocenters. The fourth-order valence-electron chi connectivity index (χ4n) is 3.41. The number of aliphatic hydroxyl groups excluding tert-OH is 1. The third-order valence-electron chi connectivity index (χ3n) is 4.83. The first-order chi connectivity index (χ1) is 14.2. The number of aliphatic hydroxyl groups is 1. The fraction of sp³-hybridized carbons (Fsp3) is 0.0833. The molecule has 5 heteroatoms. The Labute approximate surface area is 170 Å². The van der Waals surface area contributed by atoms with Crippen molar-refractivity contribution in [1.82, 2.24) is 0 Å². The molecule has 0 spiro atoms. The predicted molar refractivity (Wildman–Crippen MR) is 117 cm³/mol. The minimum atomic E-state index is -3.21. The van der Waals surface area contributed by atoms with Crippen molar-refractivity contribution in [3.8, 4) is 0 Å². The van der Waals surface area contributed by atoms with Crippen LogP contribution in [-0.4, -0.2) is 5.11 Å². The van der Waals surface area contributed by atoms with Gasteiger partial charge < -0.3 is 19.4 Å². The maximum Gasteiger partial charge on any atom is 0.171 e. The Morgan fingerprint density at radius 1 is 0.759 bits per heavy atom. The first-order valence-electron chi connectivity index (χ1n) is 9.44. The second-order valence-corrected chi connectivity index (χ2v) is 9.57.